The summed E-state index contributed by atoms with van der Waals surface area (Å²) in [5.41, 5.74) is 0.554. The Bertz CT molecular complexity index is 387. The highest BCUT2D eigenvalue weighted by Crippen LogP contribution is 2.36. The first-order chi connectivity index (χ1) is 7.78. The standard InChI is InChI=1S/C11H10F3IO2/c1-7(16)17-9-4-2-8(3-5-9)10(15)6-11(12,13)14/h2-5,10H,6H2,1H3. The van der Waals surface area contributed by atoms with Crippen LogP contribution in [0.5, 0.6) is 5.75 Å². The number of rotatable bonds is 3. The van der Waals surface area contributed by atoms with Crippen LogP contribution in [-0.2, 0) is 4.79 Å². The summed E-state index contributed by atoms with van der Waals surface area (Å²) in [4.78, 5) is 10.6. The fourth-order valence-corrected chi connectivity index (χ4v) is 2.15. The minimum atomic E-state index is -4.18. The van der Waals surface area contributed by atoms with Gasteiger partial charge in [-0.25, -0.2) is 0 Å². The number of hydrogen-bond donors (Lipinski definition) is 0. The van der Waals surface area contributed by atoms with E-state index < -0.39 is 22.5 Å². The Labute approximate surface area is 110 Å². The average molecular weight is 358 g/mol. The highest BCUT2D eigenvalue weighted by Gasteiger charge is 2.31. The molecule has 0 bridgehead atoms. The Morgan fingerprint density at radius 3 is 2.29 bits per heavy atom. The lowest BCUT2D eigenvalue weighted by molar-refractivity contribution is -0.134. The van der Waals surface area contributed by atoms with Crippen LogP contribution in [0.3, 0.4) is 0 Å². The molecule has 0 aliphatic rings. The third-order valence-electron chi connectivity index (χ3n) is 1.91. The first kappa shape index (κ1) is 14.3. The molecule has 1 aromatic rings. The summed E-state index contributed by atoms with van der Waals surface area (Å²) in [6.45, 7) is 1.26. The number of halogens is 4. The SMILES string of the molecule is CC(=O)Oc1ccc(C(I)CC(F)(F)F)cc1. The zero-order valence-electron chi connectivity index (χ0n) is 8.92. The topological polar surface area (TPSA) is 26.3 Å². The smallest absolute Gasteiger partial charge is 0.390 e. The summed E-state index contributed by atoms with van der Waals surface area (Å²) in [6.07, 6.45) is -5.05. The normalized spacial score (nSPS) is 13.2. The summed E-state index contributed by atoms with van der Waals surface area (Å²) < 4.78 is 40.7. The summed E-state index contributed by atoms with van der Waals surface area (Å²) in [6, 6.07) is 6.03. The van der Waals surface area contributed by atoms with Crippen LogP contribution >= 0.6 is 22.6 Å². The van der Waals surface area contributed by atoms with Crippen LogP contribution in [-0.4, -0.2) is 12.1 Å². The van der Waals surface area contributed by atoms with Gasteiger partial charge in [0, 0.05) is 10.8 Å². The van der Waals surface area contributed by atoms with E-state index in [-0.39, 0.29) is 0 Å². The highest BCUT2D eigenvalue weighted by molar-refractivity contribution is 14.1. The van der Waals surface area contributed by atoms with Crippen LogP contribution in [0.25, 0.3) is 0 Å². The van der Waals surface area contributed by atoms with Crippen molar-refractivity contribution in [3.63, 3.8) is 0 Å². The molecule has 0 aliphatic heterocycles. The summed E-state index contributed by atoms with van der Waals surface area (Å²) in [5.74, 6) is -0.129. The minimum absolute atomic E-state index is 0.330. The van der Waals surface area contributed by atoms with Crippen LogP contribution in [0, 0.1) is 0 Å². The Hall–Kier alpha value is -0.790. The first-order valence-corrected chi connectivity index (χ1v) is 6.02. The molecule has 6 heteroatoms. The molecule has 0 spiro atoms. The molecule has 0 amide bonds. The van der Waals surface area contributed by atoms with E-state index >= 15 is 0 Å². The van der Waals surface area contributed by atoms with E-state index in [0.29, 0.717) is 11.3 Å². The van der Waals surface area contributed by atoms with E-state index in [9.17, 15) is 18.0 Å². The van der Waals surface area contributed by atoms with Gasteiger partial charge in [0.1, 0.15) is 5.75 Å². The van der Waals surface area contributed by atoms with Crippen molar-refractivity contribution in [1.82, 2.24) is 0 Å². The van der Waals surface area contributed by atoms with E-state index in [2.05, 4.69) is 0 Å². The zero-order chi connectivity index (χ0) is 13.1. The molecule has 0 aromatic heterocycles. The Morgan fingerprint density at radius 1 is 1.35 bits per heavy atom. The maximum Gasteiger partial charge on any atom is 0.390 e. The van der Waals surface area contributed by atoms with Crippen LogP contribution in [0.4, 0.5) is 13.2 Å². The van der Waals surface area contributed by atoms with Gasteiger partial charge in [-0.05, 0) is 17.7 Å². The molecule has 1 aromatic carbocycles. The quantitative estimate of drug-likeness (QED) is 0.353. The van der Waals surface area contributed by atoms with E-state index in [4.69, 9.17) is 4.74 Å². The van der Waals surface area contributed by atoms with Gasteiger partial charge in [-0.1, -0.05) is 34.7 Å². The Morgan fingerprint density at radius 2 is 1.88 bits per heavy atom. The van der Waals surface area contributed by atoms with Crippen LogP contribution in [0.15, 0.2) is 24.3 Å². The van der Waals surface area contributed by atoms with Gasteiger partial charge in [0.05, 0.1) is 6.42 Å². The third-order valence-corrected chi connectivity index (χ3v) is 3.07. The predicted molar refractivity (Wildman–Crippen MR) is 65.2 cm³/mol. The Kier molecular flexibility index (Phi) is 4.79. The van der Waals surface area contributed by atoms with E-state index in [1.54, 1.807) is 22.6 Å². The average Bonchev–Trinajstić information content (AvgIpc) is 2.15. The highest BCUT2D eigenvalue weighted by atomic mass is 127. The summed E-state index contributed by atoms with van der Waals surface area (Å²) >= 11 is 1.74. The molecule has 0 saturated carbocycles. The number of hydrogen-bond acceptors (Lipinski definition) is 2. The van der Waals surface area contributed by atoms with Gasteiger partial charge >= 0.3 is 12.1 Å². The number of carbonyl (C=O) groups excluding carboxylic acids is 1. The molecule has 0 N–H and O–H groups in total. The van der Waals surface area contributed by atoms with Gasteiger partial charge in [-0.2, -0.15) is 13.2 Å². The van der Waals surface area contributed by atoms with E-state index in [1.807, 2.05) is 0 Å². The van der Waals surface area contributed by atoms with Crippen LogP contribution < -0.4 is 4.74 Å². The molecule has 0 saturated heterocycles. The van der Waals surface area contributed by atoms with Crippen molar-refractivity contribution in [1.29, 1.82) is 0 Å². The zero-order valence-corrected chi connectivity index (χ0v) is 11.1. The molecule has 17 heavy (non-hydrogen) atoms. The van der Waals surface area contributed by atoms with Gasteiger partial charge < -0.3 is 4.74 Å². The largest absolute Gasteiger partial charge is 0.427 e. The molecule has 2 nitrogen and oxygen atoms in total. The monoisotopic (exact) mass is 358 g/mol. The van der Waals surface area contributed by atoms with Crippen molar-refractivity contribution in [3.05, 3.63) is 29.8 Å². The number of alkyl halides is 4. The van der Waals surface area contributed by atoms with Crippen molar-refractivity contribution >= 4 is 28.6 Å². The number of ether oxygens (including phenoxy) is 1. The van der Waals surface area contributed by atoms with Gasteiger partial charge in [0.15, 0.2) is 0 Å². The number of benzene rings is 1. The molecule has 94 valence electrons. The fraction of sp³-hybridized carbons (Fsp3) is 0.364. The van der Waals surface area contributed by atoms with E-state index in [0.717, 1.165) is 0 Å². The van der Waals surface area contributed by atoms with Gasteiger partial charge in [-0.3, -0.25) is 4.79 Å². The van der Waals surface area contributed by atoms with Crippen molar-refractivity contribution < 1.29 is 22.7 Å². The third kappa shape index (κ3) is 5.38. The lowest BCUT2D eigenvalue weighted by atomic mass is 10.1. The molecule has 0 heterocycles. The maximum atomic E-state index is 12.2. The molecule has 0 radical (unpaired) electrons. The van der Waals surface area contributed by atoms with Crippen molar-refractivity contribution in [3.8, 4) is 5.75 Å². The van der Waals surface area contributed by atoms with E-state index in [1.165, 1.54) is 31.2 Å². The lowest BCUT2D eigenvalue weighted by Crippen LogP contribution is -2.10. The molecular formula is C11H10F3IO2. The van der Waals surface area contributed by atoms with Crippen LogP contribution in [0.2, 0.25) is 0 Å². The molecule has 0 aliphatic carbocycles. The summed E-state index contributed by atoms with van der Waals surface area (Å²) in [5, 5.41) is 0. The van der Waals surface area contributed by atoms with Crippen molar-refractivity contribution in [2.75, 3.05) is 0 Å². The molecule has 1 unspecified atom stereocenters. The van der Waals surface area contributed by atoms with Crippen molar-refractivity contribution in [2.24, 2.45) is 0 Å². The lowest BCUT2D eigenvalue weighted by Gasteiger charge is -2.13. The Balaban J connectivity index is 2.70. The predicted octanol–water partition coefficient (Wildman–Crippen LogP) is 4.04. The second kappa shape index (κ2) is 5.70. The number of carbonyl (C=O) groups is 1. The molecule has 1 rings (SSSR count). The minimum Gasteiger partial charge on any atom is -0.427 e. The molecule has 0 fully saturated rings. The second-order valence-corrected chi connectivity index (χ2v) is 4.95. The van der Waals surface area contributed by atoms with Crippen molar-refractivity contribution in [2.45, 2.75) is 23.4 Å². The first-order valence-electron chi connectivity index (χ1n) is 4.77. The van der Waals surface area contributed by atoms with Gasteiger partial charge in [0.25, 0.3) is 0 Å². The summed E-state index contributed by atoms with van der Waals surface area (Å²) in [7, 11) is 0. The van der Waals surface area contributed by atoms with Gasteiger partial charge in [0.2, 0.25) is 0 Å². The maximum absolute atomic E-state index is 12.2. The second-order valence-electron chi connectivity index (χ2n) is 3.45. The van der Waals surface area contributed by atoms with Crippen LogP contribution in [0.1, 0.15) is 22.8 Å². The van der Waals surface area contributed by atoms with Gasteiger partial charge in [-0.15, -0.1) is 0 Å². The molecule has 1 atom stereocenters. The fourth-order valence-electron chi connectivity index (χ4n) is 1.23. The number of esters is 1. The molecular weight excluding hydrogens is 348 g/mol.